The molecule has 0 amide bonds. The van der Waals surface area contributed by atoms with E-state index < -0.39 is 0 Å². The first-order valence-electron chi connectivity index (χ1n) is 6.03. The summed E-state index contributed by atoms with van der Waals surface area (Å²) in [4.78, 5) is 2.48. The smallest absolute Gasteiger partial charge is 0.0634 e. The Bertz CT molecular complexity index is 149. The zero-order chi connectivity index (χ0) is 11.7. The van der Waals surface area contributed by atoms with Gasteiger partial charge in [-0.15, -0.1) is 0 Å². The van der Waals surface area contributed by atoms with Gasteiger partial charge in [-0.05, 0) is 52.7 Å². The second kappa shape index (κ2) is 8.08. The van der Waals surface area contributed by atoms with Crippen molar-refractivity contribution in [2.75, 3.05) is 33.3 Å². The molecule has 2 N–H and O–H groups in total. The molecule has 0 aromatic carbocycles. The maximum absolute atomic E-state index is 5.53. The van der Waals surface area contributed by atoms with Crippen molar-refractivity contribution in [1.82, 2.24) is 4.90 Å². The lowest BCUT2D eigenvalue weighted by molar-refractivity contribution is 0.00738. The van der Waals surface area contributed by atoms with Crippen molar-refractivity contribution in [3.8, 4) is 0 Å². The summed E-state index contributed by atoms with van der Waals surface area (Å²) in [7, 11) is 1.78. The first-order valence-corrected chi connectivity index (χ1v) is 6.03. The van der Waals surface area contributed by atoms with Crippen molar-refractivity contribution in [2.24, 2.45) is 5.73 Å². The van der Waals surface area contributed by atoms with E-state index in [-0.39, 0.29) is 5.60 Å². The number of rotatable bonds is 9. The van der Waals surface area contributed by atoms with Gasteiger partial charge < -0.3 is 15.4 Å². The molecule has 0 aliphatic rings. The minimum absolute atomic E-state index is 0.00525. The first kappa shape index (κ1) is 14.9. The Morgan fingerprint density at radius 1 is 1.20 bits per heavy atom. The van der Waals surface area contributed by atoms with Gasteiger partial charge in [-0.3, -0.25) is 0 Å². The van der Waals surface area contributed by atoms with E-state index in [0.717, 1.165) is 32.5 Å². The van der Waals surface area contributed by atoms with E-state index >= 15 is 0 Å². The highest BCUT2D eigenvalue weighted by atomic mass is 16.5. The summed E-state index contributed by atoms with van der Waals surface area (Å²) in [5, 5.41) is 0. The number of ether oxygens (including phenoxy) is 1. The van der Waals surface area contributed by atoms with Crippen molar-refractivity contribution in [1.29, 1.82) is 0 Å². The molecule has 3 heteroatoms. The highest BCUT2D eigenvalue weighted by molar-refractivity contribution is 4.70. The van der Waals surface area contributed by atoms with E-state index in [9.17, 15) is 0 Å². The summed E-state index contributed by atoms with van der Waals surface area (Å²) >= 11 is 0. The van der Waals surface area contributed by atoms with Crippen LogP contribution in [0.3, 0.4) is 0 Å². The summed E-state index contributed by atoms with van der Waals surface area (Å²) < 4.78 is 5.42. The van der Waals surface area contributed by atoms with Crippen molar-refractivity contribution >= 4 is 0 Å². The van der Waals surface area contributed by atoms with Crippen LogP contribution in [0.2, 0.25) is 0 Å². The second-order valence-electron chi connectivity index (χ2n) is 4.70. The second-order valence-corrected chi connectivity index (χ2v) is 4.70. The van der Waals surface area contributed by atoms with Gasteiger partial charge >= 0.3 is 0 Å². The maximum atomic E-state index is 5.53. The SMILES string of the molecule is CCCN(CCCN)CCC(C)(C)OC. The van der Waals surface area contributed by atoms with E-state index in [4.69, 9.17) is 10.5 Å². The van der Waals surface area contributed by atoms with Gasteiger partial charge in [0.15, 0.2) is 0 Å². The minimum Gasteiger partial charge on any atom is -0.379 e. The average Bonchev–Trinajstić information content (AvgIpc) is 2.22. The fourth-order valence-electron chi connectivity index (χ4n) is 1.50. The van der Waals surface area contributed by atoms with Gasteiger partial charge in [-0.25, -0.2) is 0 Å². The standard InChI is InChI=1S/C12H28N2O/c1-5-9-14(10-6-8-13)11-7-12(2,3)15-4/h5-11,13H2,1-4H3. The quantitative estimate of drug-likeness (QED) is 0.639. The van der Waals surface area contributed by atoms with Crippen LogP contribution in [-0.4, -0.2) is 43.8 Å². The molecule has 0 aliphatic heterocycles. The molecule has 15 heavy (non-hydrogen) atoms. The molecule has 0 aromatic rings. The highest BCUT2D eigenvalue weighted by Crippen LogP contribution is 2.13. The van der Waals surface area contributed by atoms with Crippen molar-refractivity contribution in [3.63, 3.8) is 0 Å². The molecule has 0 bridgehead atoms. The lowest BCUT2D eigenvalue weighted by atomic mass is 10.0. The van der Waals surface area contributed by atoms with E-state index in [1.165, 1.54) is 13.0 Å². The van der Waals surface area contributed by atoms with Gasteiger partial charge in [0, 0.05) is 13.7 Å². The van der Waals surface area contributed by atoms with Crippen molar-refractivity contribution < 1.29 is 4.74 Å². The van der Waals surface area contributed by atoms with Gasteiger partial charge in [0.25, 0.3) is 0 Å². The van der Waals surface area contributed by atoms with Gasteiger partial charge in [-0.1, -0.05) is 6.92 Å². The lowest BCUT2D eigenvalue weighted by Crippen LogP contribution is -2.34. The lowest BCUT2D eigenvalue weighted by Gasteiger charge is -2.28. The normalized spacial score (nSPS) is 12.4. The maximum Gasteiger partial charge on any atom is 0.0634 e. The predicted octanol–water partition coefficient (Wildman–Crippen LogP) is 1.86. The summed E-state index contributed by atoms with van der Waals surface area (Å²) in [6.45, 7) is 10.7. The summed E-state index contributed by atoms with van der Waals surface area (Å²) in [6, 6.07) is 0. The highest BCUT2D eigenvalue weighted by Gasteiger charge is 2.17. The molecular weight excluding hydrogens is 188 g/mol. The predicted molar refractivity (Wildman–Crippen MR) is 66.1 cm³/mol. The Hall–Kier alpha value is -0.120. The van der Waals surface area contributed by atoms with Crippen LogP contribution in [0.4, 0.5) is 0 Å². The Labute approximate surface area is 95.0 Å². The van der Waals surface area contributed by atoms with Crippen molar-refractivity contribution in [3.05, 3.63) is 0 Å². The van der Waals surface area contributed by atoms with Crippen LogP contribution < -0.4 is 5.73 Å². The first-order chi connectivity index (χ1) is 7.05. The van der Waals surface area contributed by atoms with Crippen molar-refractivity contribution in [2.45, 2.75) is 45.6 Å². The third kappa shape index (κ3) is 7.77. The molecular formula is C12H28N2O. The topological polar surface area (TPSA) is 38.5 Å². The largest absolute Gasteiger partial charge is 0.379 e. The molecule has 0 aromatic heterocycles. The number of nitrogens with zero attached hydrogens (tertiary/aromatic N) is 1. The molecule has 0 atom stereocenters. The Balaban J connectivity index is 3.83. The van der Waals surface area contributed by atoms with Crippen LogP contribution in [0, 0.1) is 0 Å². The molecule has 0 fully saturated rings. The van der Waals surface area contributed by atoms with Crippen LogP contribution in [0.25, 0.3) is 0 Å². The number of nitrogens with two attached hydrogens (primary N) is 1. The van der Waals surface area contributed by atoms with Crippen LogP contribution in [0.15, 0.2) is 0 Å². The Morgan fingerprint density at radius 2 is 1.87 bits per heavy atom. The molecule has 0 saturated carbocycles. The molecule has 92 valence electrons. The Morgan fingerprint density at radius 3 is 2.33 bits per heavy atom. The number of hydrogen-bond acceptors (Lipinski definition) is 3. The average molecular weight is 216 g/mol. The van der Waals surface area contributed by atoms with E-state index in [1.807, 2.05) is 0 Å². The molecule has 0 unspecified atom stereocenters. The minimum atomic E-state index is -0.00525. The van der Waals surface area contributed by atoms with E-state index in [1.54, 1.807) is 7.11 Å². The third-order valence-corrected chi connectivity index (χ3v) is 2.80. The van der Waals surface area contributed by atoms with E-state index in [0.29, 0.717) is 0 Å². The zero-order valence-corrected chi connectivity index (χ0v) is 10.9. The molecule has 0 heterocycles. The van der Waals surface area contributed by atoms with Crippen LogP contribution >= 0.6 is 0 Å². The van der Waals surface area contributed by atoms with Crippen LogP contribution in [-0.2, 0) is 4.74 Å². The van der Waals surface area contributed by atoms with Crippen LogP contribution in [0.5, 0.6) is 0 Å². The van der Waals surface area contributed by atoms with Gasteiger partial charge in [-0.2, -0.15) is 0 Å². The third-order valence-electron chi connectivity index (χ3n) is 2.80. The number of hydrogen-bond donors (Lipinski definition) is 1. The molecule has 0 saturated heterocycles. The van der Waals surface area contributed by atoms with Gasteiger partial charge in [0.05, 0.1) is 5.60 Å². The monoisotopic (exact) mass is 216 g/mol. The molecule has 0 rings (SSSR count). The molecule has 0 spiro atoms. The zero-order valence-electron chi connectivity index (χ0n) is 10.9. The van der Waals surface area contributed by atoms with Crippen LogP contribution in [0.1, 0.15) is 40.0 Å². The van der Waals surface area contributed by atoms with Gasteiger partial charge in [0.2, 0.25) is 0 Å². The fraction of sp³-hybridized carbons (Fsp3) is 1.00. The summed E-state index contributed by atoms with van der Waals surface area (Å²) in [5.41, 5.74) is 5.52. The van der Waals surface area contributed by atoms with Gasteiger partial charge in [0.1, 0.15) is 0 Å². The summed E-state index contributed by atoms with van der Waals surface area (Å²) in [5.74, 6) is 0. The summed E-state index contributed by atoms with van der Waals surface area (Å²) in [6.07, 6.45) is 3.37. The number of methoxy groups -OCH3 is 1. The molecule has 0 aliphatic carbocycles. The molecule has 0 radical (unpaired) electrons. The fourth-order valence-corrected chi connectivity index (χ4v) is 1.50. The molecule has 3 nitrogen and oxygen atoms in total. The Kier molecular flexibility index (Phi) is 8.02. The van der Waals surface area contributed by atoms with E-state index in [2.05, 4.69) is 25.7 Å².